The molecule has 98 valence electrons. The number of rotatable bonds is 6. The minimum Gasteiger partial charge on any atom is -0.384 e. The Bertz CT molecular complexity index is 492. The Kier molecular flexibility index (Phi) is 5.42. The summed E-state index contributed by atoms with van der Waals surface area (Å²) in [7, 11) is -0.682. The van der Waals surface area contributed by atoms with Crippen LogP contribution < -0.4 is 5.30 Å². The van der Waals surface area contributed by atoms with Gasteiger partial charge in [-0.1, -0.05) is 23.3 Å². The highest BCUT2D eigenvalue weighted by atomic mass is 31.2. The lowest BCUT2D eigenvalue weighted by molar-refractivity contribution is 0.180. The Morgan fingerprint density at radius 3 is 2.78 bits per heavy atom. The second-order valence-corrected chi connectivity index (χ2v) is 7.76. The van der Waals surface area contributed by atoms with Crippen LogP contribution >= 0.6 is 7.14 Å². The first kappa shape index (κ1) is 14.8. The smallest absolute Gasteiger partial charge is 0.109 e. The van der Waals surface area contributed by atoms with E-state index in [0.717, 1.165) is 10.9 Å². The molecular weight excluding hydrogens is 249 g/mol. The lowest BCUT2D eigenvalue weighted by Crippen LogP contribution is -2.16. The van der Waals surface area contributed by atoms with Crippen molar-refractivity contribution in [1.29, 1.82) is 0 Å². The molecule has 0 aliphatic heterocycles. The fourth-order valence-corrected chi connectivity index (χ4v) is 2.61. The van der Waals surface area contributed by atoms with Gasteiger partial charge in [-0.2, -0.15) is 0 Å². The van der Waals surface area contributed by atoms with Crippen molar-refractivity contribution in [1.82, 2.24) is 0 Å². The van der Waals surface area contributed by atoms with Crippen LogP contribution in [0, 0.1) is 0 Å². The zero-order chi connectivity index (χ0) is 13.6. The molecule has 0 radical (unpaired) electrons. The summed E-state index contributed by atoms with van der Waals surface area (Å²) in [5, 5.41) is 4.53. The van der Waals surface area contributed by atoms with Gasteiger partial charge in [-0.25, -0.2) is 0 Å². The first-order chi connectivity index (χ1) is 8.47. The molecule has 5 nitrogen and oxygen atoms in total. The van der Waals surface area contributed by atoms with Crippen LogP contribution in [0.3, 0.4) is 0 Å². The van der Waals surface area contributed by atoms with E-state index in [1.165, 1.54) is 0 Å². The monoisotopic (exact) mass is 267 g/mol. The van der Waals surface area contributed by atoms with Gasteiger partial charge in [0.05, 0.1) is 12.6 Å². The molecule has 0 fully saturated rings. The van der Waals surface area contributed by atoms with Gasteiger partial charge in [0.25, 0.3) is 0 Å². The van der Waals surface area contributed by atoms with E-state index < -0.39 is 7.14 Å². The van der Waals surface area contributed by atoms with Crippen molar-refractivity contribution in [2.24, 2.45) is 5.11 Å². The highest BCUT2D eigenvalue weighted by Crippen LogP contribution is 2.34. The molecule has 0 heterocycles. The van der Waals surface area contributed by atoms with Gasteiger partial charge in [-0.3, -0.25) is 0 Å². The quantitative estimate of drug-likeness (QED) is 0.344. The molecule has 0 saturated carbocycles. The molecule has 0 aliphatic rings. The number of hydrogen-bond donors (Lipinski definition) is 0. The van der Waals surface area contributed by atoms with E-state index in [1.807, 2.05) is 24.3 Å². The predicted molar refractivity (Wildman–Crippen MR) is 74.0 cm³/mol. The topological polar surface area (TPSA) is 75.1 Å². The van der Waals surface area contributed by atoms with Crippen molar-refractivity contribution in [3.05, 3.63) is 40.3 Å². The summed E-state index contributed by atoms with van der Waals surface area (Å²) in [6, 6.07) is 7.36. The maximum atomic E-state index is 12.0. The standard InChI is InChI=1S/C12H18N3O2P/c1-17-9-11(14-15-13)7-10-5-4-6-12(8-10)18(2,3)16/h4-6,8,11H,7,9H2,1-3H3. The van der Waals surface area contributed by atoms with Gasteiger partial charge in [-0.05, 0) is 36.9 Å². The van der Waals surface area contributed by atoms with Gasteiger partial charge in [0.2, 0.25) is 0 Å². The third kappa shape index (κ3) is 4.53. The van der Waals surface area contributed by atoms with E-state index in [-0.39, 0.29) is 6.04 Å². The van der Waals surface area contributed by atoms with Crippen LogP contribution in [-0.2, 0) is 15.7 Å². The van der Waals surface area contributed by atoms with Gasteiger partial charge in [0, 0.05) is 17.3 Å². The lowest BCUT2D eigenvalue weighted by Gasteiger charge is -2.12. The molecule has 1 unspecified atom stereocenters. The second-order valence-electron chi connectivity index (χ2n) is 4.54. The number of methoxy groups -OCH3 is 1. The molecule has 1 atom stereocenters. The highest BCUT2D eigenvalue weighted by molar-refractivity contribution is 7.70. The Labute approximate surface area is 107 Å². The Morgan fingerprint density at radius 1 is 1.50 bits per heavy atom. The van der Waals surface area contributed by atoms with E-state index in [4.69, 9.17) is 10.3 Å². The molecule has 0 N–H and O–H groups in total. The Morgan fingerprint density at radius 2 is 2.22 bits per heavy atom. The molecule has 1 aromatic carbocycles. The molecule has 0 aromatic heterocycles. The van der Waals surface area contributed by atoms with Crippen LogP contribution in [0.4, 0.5) is 0 Å². The van der Waals surface area contributed by atoms with Crippen molar-refractivity contribution in [3.8, 4) is 0 Å². The summed E-state index contributed by atoms with van der Waals surface area (Å²) in [4.78, 5) is 2.81. The van der Waals surface area contributed by atoms with E-state index in [9.17, 15) is 4.57 Å². The SMILES string of the molecule is COCC(Cc1cccc(P(C)(C)=O)c1)N=[N+]=[N-]. The van der Waals surface area contributed by atoms with E-state index in [1.54, 1.807) is 20.4 Å². The largest absolute Gasteiger partial charge is 0.384 e. The molecule has 0 aliphatic carbocycles. The van der Waals surface area contributed by atoms with Crippen LogP contribution in [0.1, 0.15) is 5.56 Å². The fraction of sp³-hybridized carbons (Fsp3) is 0.500. The summed E-state index contributed by atoms with van der Waals surface area (Å²) >= 11 is 0. The normalized spacial score (nSPS) is 12.8. The predicted octanol–water partition coefficient (Wildman–Crippen LogP) is 2.80. The minimum atomic E-state index is -2.25. The number of nitrogens with zero attached hydrogens (tertiary/aromatic N) is 3. The van der Waals surface area contributed by atoms with Crippen molar-refractivity contribution in [3.63, 3.8) is 0 Å². The van der Waals surface area contributed by atoms with Gasteiger partial charge in [0.15, 0.2) is 0 Å². The van der Waals surface area contributed by atoms with Crippen molar-refractivity contribution < 1.29 is 9.30 Å². The number of azide groups is 1. The summed E-state index contributed by atoms with van der Waals surface area (Å²) in [5.41, 5.74) is 9.49. The van der Waals surface area contributed by atoms with Gasteiger partial charge >= 0.3 is 0 Å². The van der Waals surface area contributed by atoms with Crippen molar-refractivity contribution in [2.45, 2.75) is 12.5 Å². The number of ether oxygens (including phenoxy) is 1. The van der Waals surface area contributed by atoms with E-state index in [2.05, 4.69) is 10.0 Å². The minimum absolute atomic E-state index is 0.233. The molecule has 1 rings (SSSR count). The van der Waals surface area contributed by atoms with Crippen LogP contribution in [0.25, 0.3) is 10.4 Å². The van der Waals surface area contributed by atoms with Crippen LogP contribution in [0.5, 0.6) is 0 Å². The molecule has 0 amide bonds. The number of hydrogen-bond acceptors (Lipinski definition) is 3. The van der Waals surface area contributed by atoms with Crippen molar-refractivity contribution in [2.75, 3.05) is 27.0 Å². The van der Waals surface area contributed by atoms with E-state index >= 15 is 0 Å². The third-order valence-corrected chi connectivity index (χ3v) is 4.10. The Balaban J connectivity index is 2.90. The molecule has 0 bridgehead atoms. The molecule has 1 aromatic rings. The number of benzene rings is 1. The zero-order valence-corrected chi connectivity index (χ0v) is 11.8. The zero-order valence-electron chi connectivity index (χ0n) is 10.9. The van der Waals surface area contributed by atoms with Gasteiger partial charge < -0.3 is 9.30 Å². The van der Waals surface area contributed by atoms with E-state index in [0.29, 0.717) is 13.0 Å². The average molecular weight is 267 g/mol. The maximum absolute atomic E-state index is 12.0. The maximum Gasteiger partial charge on any atom is 0.109 e. The summed E-state index contributed by atoms with van der Waals surface area (Å²) in [6.07, 6.45) is 0.589. The fourth-order valence-electron chi connectivity index (χ4n) is 1.69. The van der Waals surface area contributed by atoms with Crippen LogP contribution in [0.15, 0.2) is 29.4 Å². The van der Waals surface area contributed by atoms with Gasteiger partial charge in [-0.15, -0.1) is 0 Å². The molecule has 0 saturated heterocycles. The Hall–Kier alpha value is -1.28. The third-order valence-electron chi connectivity index (χ3n) is 2.58. The second kappa shape index (κ2) is 6.60. The summed E-state index contributed by atoms with van der Waals surface area (Å²) in [5.74, 6) is 0. The first-order valence-electron chi connectivity index (χ1n) is 5.65. The van der Waals surface area contributed by atoms with Crippen molar-refractivity contribution >= 4 is 12.4 Å². The first-order valence-corrected chi connectivity index (χ1v) is 8.25. The summed E-state index contributed by atoms with van der Waals surface area (Å²) < 4.78 is 17.0. The van der Waals surface area contributed by atoms with Crippen LogP contribution in [-0.4, -0.2) is 33.1 Å². The molecule has 18 heavy (non-hydrogen) atoms. The summed E-state index contributed by atoms with van der Waals surface area (Å²) in [6.45, 7) is 3.86. The highest BCUT2D eigenvalue weighted by Gasteiger charge is 2.13. The molecule has 6 heteroatoms. The molecular formula is C12H18N3O2P. The molecule has 0 spiro atoms. The van der Waals surface area contributed by atoms with Gasteiger partial charge in [0.1, 0.15) is 7.14 Å². The van der Waals surface area contributed by atoms with Crippen LogP contribution in [0.2, 0.25) is 0 Å². The lowest BCUT2D eigenvalue weighted by atomic mass is 10.1. The average Bonchev–Trinajstić information content (AvgIpc) is 2.29.